The van der Waals surface area contributed by atoms with Gasteiger partial charge < -0.3 is 0 Å². The Morgan fingerprint density at radius 1 is 1.43 bits per heavy atom. The molecule has 7 heavy (non-hydrogen) atoms. The average Bonchev–Trinajstić information content (AvgIpc) is 1.35. The quantitative estimate of drug-likeness (QED) is 0.339. The zero-order chi connectivity index (χ0) is 5.21. The van der Waals surface area contributed by atoms with Crippen LogP contribution < -0.4 is 0 Å². The van der Waals surface area contributed by atoms with Crippen molar-refractivity contribution in [1.82, 2.24) is 0 Å². The molecule has 0 amide bonds. The second kappa shape index (κ2) is 3.86. The Labute approximate surface area is 65.5 Å². The van der Waals surface area contributed by atoms with Gasteiger partial charge in [-0.3, -0.25) is 4.18 Å². The van der Waals surface area contributed by atoms with Gasteiger partial charge in [0.2, 0.25) is 0 Å². The van der Waals surface area contributed by atoms with Gasteiger partial charge in [0.1, 0.15) is 0 Å². The Balaban J connectivity index is 0. The summed E-state index contributed by atoms with van der Waals surface area (Å²) in [5.74, 6) is 0. The molecule has 40 valence electrons. The predicted molar refractivity (Wildman–Crippen MR) is 29.0 cm³/mol. The molecule has 0 aliphatic heterocycles. The van der Waals surface area contributed by atoms with Gasteiger partial charge in [-0.2, -0.15) is 8.42 Å². The first-order valence-corrected chi connectivity index (χ1v) is 3.13. The normalized spacial score (nSPS) is 10.0. The summed E-state index contributed by atoms with van der Waals surface area (Å²) >= 11 is 0. The van der Waals surface area contributed by atoms with Crippen LogP contribution in [0.5, 0.6) is 0 Å². The third-order valence-corrected chi connectivity index (χ3v) is 0.908. The summed E-state index contributed by atoms with van der Waals surface area (Å²) in [4.78, 5) is 0. The van der Waals surface area contributed by atoms with Gasteiger partial charge in [-0.1, -0.05) is 0 Å². The summed E-state index contributed by atoms with van der Waals surface area (Å²) in [6.45, 7) is 0. The first-order chi connectivity index (χ1) is 2.56. The van der Waals surface area contributed by atoms with Gasteiger partial charge in [-0.25, -0.2) is 0 Å². The van der Waals surface area contributed by atoms with E-state index in [1.165, 1.54) is 0 Å². The molecule has 0 aliphatic rings. The molecular formula is C2H7NaO3S. The van der Waals surface area contributed by atoms with Crippen molar-refractivity contribution >= 4 is 39.7 Å². The summed E-state index contributed by atoms with van der Waals surface area (Å²) in [5, 5.41) is 0. The monoisotopic (exact) mass is 134 g/mol. The topological polar surface area (TPSA) is 43.4 Å². The van der Waals surface area contributed by atoms with Crippen LogP contribution in [0.1, 0.15) is 0 Å². The van der Waals surface area contributed by atoms with Crippen LogP contribution in [-0.4, -0.2) is 51.3 Å². The molecule has 0 radical (unpaired) electrons. The molecule has 0 spiro atoms. The average molecular weight is 134 g/mol. The summed E-state index contributed by atoms with van der Waals surface area (Å²) in [6, 6.07) is 0. The Morgan fingerprint density at radius 2 is 1.57 bits per heavy atom. The minimum atomic E-state index is -3.16. The van der Waals surface area contributed by atoms with E-state index in [2.05, 4.69) is 4.18 Å². The summed E-state index contributed by atoms with van der Waals surface area (Å²) in [6.07, 6.45) is 0.993. The van der Waals surface area contributed by atoms with Crippen LogP contribution in [0.4, 0.5) is 0 Å². The minimum absolute atomic E-state index is 0. The molecule has 0 unspecified atom stereocenters. The van der Waals surface area contributed by atoms with E-state index in [9.17, 15) is 8.42 Å². The number of rotatable bonds is 1. The first kappa shape index (κ1) is 10.8. The van der Waals surface area contributed by atoms with Crippen molar-refractivity contribution in [2.75, 3.05) is 13.4 Å². The van der Waals surface area contributed by atoms with E-state index < -0.39 is 10.1 Å². The van der Waals surface area contributed by atoms with Crippen molar-refractivity contribution < 1.29 is 12.6 Å². The van der Waals surface area contributed by atoms with E-state index >= 15 is 0 Å². The van der Waals surface area contributed by atoms with Gasteiger partial charge in [0.25, 0.3) is 10.1 Å². The van der Waals surface area contributed by atoms with Crippen molar-refractivity contribution in [2.24, 2.45) is 0 Å². The Bertz CT molecular complexity index is 115. The van der Waals surface area contributed by atoms with Crippen molar-refractivity contribution in [2.45, 2.75) is 0 Å². The van der Waals surface area contributed by atoms with Crippen molar-refractivity contribution in [3.05, 3.63) is 0 Å². The van der Waals surface area contributed by atoms with Gasteiger partial charge in [-0.15, -0.1) is 0 Å². The van der Waals surface area contributed by atoms with E-state index in [1.54, 1.807) is 0 Å². The maximum atomic E-state index is 9.78. The Hall–Kier alpha value is 0.910. The Kier molecular flexibility index (Phi) is 5.96. The van der Waals surface area contributed by atoms with Crippen LogP contribution in [0, 0.1) is 0 Å². The molecule has 0 aliphatic carbocycles. The molecule has 0 bridgehead atoms. The summed E-state index contributed by atoms with van der Waals surface area (Å²) in [5.41, 5.74) is 0. The van der Waals surface area contributed by atoms with Crippen molar-refractivity contribution in [3.8, 4) is 0 Å². The number of hydrogen-bond donors (Lipinski definition) is 0. The van der Waals surface area contributed by atoms with Crippen LogP contribution >= 0.6 is 0 Å². The molecule has 0 aromatic carbocycles. The second-order valence-corrected chi connectivity index (χ2v) is 2.61. The SMILES string of the molecule is COS(C)(=O)=O.[NaH]. The summed E-state index contributed by atoms with van der Waals surface area (Å²) < 4.78 is 23.5. The van der Waals surface area contributed by atoms with E-state index in [0.717, 1.165) is 13.4 Å². The first-order valence-electron chi connectivity index (χ1n) is 1.32. The van der Waals surface area contributed by atoms with E-state index in [4.69, 9.17) is 0 Å². The fourth-order valence-corrected chi connectivity index (χ4v) is 0. The Morgan fingerprint density at radius 3 is 1.57 bits per heavy atom. The van der Waals surface area contributed by atoms with Gasteiger partial charge in [0.15, 0.2) is 0 Å². The molecule has 0 saturated carbocycles. The van der Waals surface area contributed by atoms with Gasteiger partial charge in [0.05, 0.1) is 13.4 Å². The molecule has 0 aromatic heterocycles. The maximum absolute atomic E-state index is 9.78. The van der Waals surface area contributed by atoms with Crippen LogP contribution in [0.25, 0.3) is 0 Å². The zero-order valence-electron chi connectivity index (χ0n) is 3.63. The molecule has 0 N–H and O–H groups in total. The molecule has 5 heteroatoms. The molecule has 0 fully saturated rings. The van der Waals surface area contributed by atoms with Crippen LogP contribution in [0.3, 0.4) is 0 Å². The molecule has 0 heterocycles. The molecule has 0 rings (SSSR count). The zero-order valence-corrected chi connectivity index (χ0v) is 4.45. The molecule has 3 nitrogen and oxygen atoms in total. The fourth-order valence-electron chi connectivity index (χ4n) is 0. The molecule has 0 atom stereocenters. The predicted octanol–water partition coefficient (Wildman–Crippen LogP) is -1.06. The molecule has 0 saturated heterocycles. The number of hydrogen-bond acceptors (Lipinski definition) is 3. The van der Waals surface area contributed by atoms with Gasteiger partial charge >= 0.3 is 29.6 Å². The fraction of sp³-hybridized carbons (Fsp3) is 1.00. The van der Waals surface area contributed by atoms with Crippen LogP contribution in [0.2, 0.25) is 0 Å². The van der Waals surface area contributed by atoms with Crippen molar-refractivity contribution in [1.29, 1.82) is 0 Å². The second-order valence-electron chi connectivity index (χ2n) is 0.871. The van der Waals surface area contributed by atoms with Gasteiger partial charge in [0, 0.05) is 0 Å². The summed E-state index contributed by atoms with van der Waals surface area (Å²) in [7, 11) is -2.04. The molecule has 0 aromatic rings. The standard InChI is InChI=1S/C2H6O3S.Na.H/c1-5-6(2,3)4;;/h1-2H3;;. The van der Waals surface area contributed by atoms with Crippen molar-refractivity contribution in [3.63, 3.8) is 0 Å². The third kappa shape index (κ3) is 10.9. The van der Waals surface area contributed by atoms with E-state index in [-0.39, 0.29) is 29.6 Å². The van der Waals surface area contributed by atoms with E-state index in [0.29, 0.717) is 0 Å². The molecular weight excluding hydrogens is 127 g/mol. The van der Waals surface area contributed by atoms with E-state index in [1.807, 2.05) is 0 Å². The van der Waals surface area contributed by atoms with Gasteiger partial charge in [-0.05, 0) is 0 Å². The van der Waals surface area contributed by atoms with Crippen LogP contribution in [-0.2, 0) is 14.3 Å². The van der Waals surface area contributed by atoms with Crippen LogP contribution in [0.15, 0.2) is 0 Å². The third-order valence-electron chi connectivity index (χ3n) is 0.303.